The molecule has 1 aromatic carbocycles. The van der Waals surface area contributed by atoms with Crippen LogP contribution in [-0.4, -0.2) is 44.1 Å². The van der Waals surface area contributed by atoms with Gasteiger partial charge >= 0.3 is 0 Å². The average Bonchev–Trinajstić information content (AvgIpc) is 2.54. The lowest BCUT2D eigenvalue weighted by Gasteiger charge is -2.18. The molecule has 0 heterocycles. The fourth-order valence-electron chi connectivity index (χ4n) is 2.44. The molecule has 0 saturated heterocycles. The van der Waals surface area contributed by atoms with Gasteiger partial charge in [0.15, 0.2) is 5.96 Å². The highest BCUT2D eigenvalue weighted by Gasteiger charge is 2.00. The van der Waals surface area contributed by atoms with Crippen molar-refractivity contribution in [2.75, 3.05) is 33.2 Å². The molecule has 0 atom stereocenters. The maximum Gasteiger partial charge on any atom is 0.191 e. The number of nitrogens with one attached hydrogen (secondary N) is 2. The van der Waals surface area contributed by atoms with Gasteiger partial charge in [-0.2, -0.15) is 0 Å². The smallest absolute Gasteiger partial charge is 0.191 e. The van der Waals surface area contributed by atoms with E-state index in [1.54, 1.807) is 0 Å². The molecule has 0 amide bonds. The van der Waals surface area contributed by atoms with Crippen LogP contribution in [0.2, 0.25) is 0 Å². The summed E-state index contributed by atoms with van der Waals surface area (Å²) in [6, 6.07) is 8.55. The molecule has 4 heteroatoms. The Morgan fingerprint density at radius 2 is 1.91 bits per heavy atom. The second kappa shape index (κ2) is 11.1. The molecule has 22 heavy (non-hydrogen) atoms. The molecule has 1 rings (SSSR count). The molecule has 0 aliphatic rings. The lowest BCUT2D eigenvalue weighted by atomic mass is 10.1. The van der Waals surface area contributed by atoms with Crippen LogP contribution in [0.25, 0.3) is 0 Å². The minimum atomic E-state index is 0.806. The Bertz CT molecular complexity index is 438. The average molecular weight is 304 g/mol. The molecule has 0 aliphatic heterocycles. The Morgan fingerprint density at radius 3 is 2.55 bits per heavy atom. The summed E-state index contributed by atoms with van der Waals surface area (Å²) in [5.41, 5.74) is 2.57. The van der Waals surface area contributed by atoms with Crippen molar-refractivity contribution in [2.24, 2.45) is 4.99 Å². The van der Waals surface area contributed by atoms with Crippen LogP contribution < -0.4 is 10.6 Å². The summed E-state index contributed by atoms with van der Waals surface area (Å²) in [7, 11) is 1.82. The molecule has 0 spiro atoms. The van der Waals surface area contributed by atoms with Gasteiger partial charge in [0.1, 0.15) is 0 Å². The molecule has 124 valence electrons. The lowest BCUT2D eigenvalue weighted by molar-refractivity contribution is 0.297. The van der Waals surface area contributed by atoms with Gasteiger partial charge in [-0.15, -0.1) is 0 Å². The number of unbranched alkanes of at least 4 members (excludes halogenated alkanes) is 1. The molecule has 0 aromatic heterocycles. The van der Waals surface area contributed by atoms with Crippen molar-refractivity contribution in [3.05, 3.63) is 35.4 Å². The van der Waals surface area contributed by atoms with E-state index in [0.29, 0.717) is 0 Å². The van der Waals surface area contributed by atoms with E-state index in [2.05, 4.69) is 65.6 Å². The highest BCUT2D eigenvalue weighted by atomic mass is 15.2. The predicted molar refractivity (Wildman–Crippen MR) is 96.4 cm³/mol. The quantitative estimate of drug-likeness (QED) is 0.419. The highest BCUT2D eigenvalue weighted by molar-refractivity contribution is 5.79. The molecule has 4 nitrogen and oxygen atoms in total. The molecule has 0 radical (unpaired) electrons. The van der Waals surface area contributed by atoms with Gasteiger partial charge in [-0.3, -0.25) is 4.99 Å². The first-order chi connectivity index (χ1) is 10.7. The standard InChI is InChI=1S/C18H32N4/c1-5-22(6-2)13-8-7-12-20-18(19-4)21-15-17-11-9-10-16(3)14-17/h9-11,14H,5-8,12-13,15H2,1-4H3,(H2,19,20,21). The summed E-state index contributed by atoms with van der Waals surface area (Å²) in [5.74, 6) is 0.879. The minimum absolute atomic E-state index is 0.806. The Hall–Kier alpha value is -1.55. The molecule has 1 aromatic rings. The summed E-state index contributed by atoms with van der Waals surface area (Å²) in [6.07, 6.45) is 2.39. The van der Waals surface area contributed by atoms with Crippen molar-refractivity contribution in [2.45, 2.75) is 40.2 Å². The molecule has 0 saturated carbocycles. The van der Waals surface area contributed by atoms with Gasteiger partial charge in [-0.1, -0.05) is 43.7 Å². The zero-order valence-electron chi connectivity index (χ0n) is 14.7. The van der Waals surface area contributed by atoms with E-state index in [-0.39, 0.29) is 0 Å². The van der Waals surface area contributed by atoms with Crippen LogP contribution in [0, 0.1) is 6.92 Å². The number of rotatable bonds is 9. The molecule has 2 N–H and O–H groups in total. The first-order valence-electron chi connectivity index (χ1n) is 8.42. The maximum atomic E-state index is 4.27. The SMILES string of the molecule is CCN(CC)CCCCNC(=NC)NCc1cccc(C)c1. The normalized spacial score (nSPS) is 11.8. The third-order valence-electron chi connectivity index (χ3n) is 3.85. The Labute approximate surface area is 136 Å². The first kappa shape index (κ1) is 18.5. The maximum absolute atomic E-state index is 4.27. The van der Waals surface area contributed by atoms with Crippen LogP contribution >= 0.6 is 0 Å². The van der Waals surface area contributed by atoms with Crippen LogP contribution in [0.5, 0.6) is 0 Å². The van der Waals surface area contributed by atoms with Crippen molar-refractivity contribution < 1.29 is 0 Å². The fourth-order valence-corrected chi connectivity index (χ4v) is 2.44. The van der Waals surface area contributed by atoms with Crippen molar-refractivity contribution in [3.8, 4) is 0 Å². The summed E-state index contributed by atoms with van der Waals surface area (Å²) in [4.78, 5) is 6.74. The number of nitrogens with zero attached hydrogens (tertiary/aromatic N) is 2. The van der Waals surface area contributed by atoms with Gasteiger partial charge in [0.2, 0.25) is 0 Å². The molecule has 0 bridgehead atoms. The molecule has 0 aliphatic carbocycles. The lowest BCUT2D eigenvalue weighted by Crippen LogP contribution is -2.37. The predicted octanol–water partition coefficient (Wildman–Crippen LogP) is 2.78. The number of benzene rings is 1. The second-order valence-corrected chi connectivity index (χ2v) is 5.58. The van der Waals surface area contributed by atoms with Gasteiger partial charge < -0.3 is 15.5 Å². The van der Waals surface area contributed by atoms with Crippen molar-refractivity contribution in [1.29, 1.82) is 0 Å². The number of aryl methyl sites for hydroxylation is 1. The van der Waals surface area contributed by atoms with Gasteiger partial charge in [-0.25, -0.2) is 0 Å². The van der Waals surface area contributed by atoms with E-state index >= 15 is 0 Å². The highest BCUT2D eigenvalue weighted by Crippen LogP contribution is 2.03. The summed E-state index contributed by atoms with van der Waals surface area (Å²) < 4.78 is 0. The van der Waals surface area contributed by atoms with Crippen LogP contribution in [0.15, 0.2) is 29.3 Å². The number of guanidine groups is 1. The van der Waals surface area contributed by atoms with Crippen LogP contribution in [0.3, 0.4) is 0 Å². The zero-order valence-corrected chi connectivity index (χ0v) is 14.7. The van der Waals surface area contributed by atoms with Crippen molar-refractivity contribution in [3.63, 3.8) is 0 Å². The summed E-state index contributed by atoms with van der Waals surface area (Å²) in [6.45, 7) is 11.8. The van der Waals surface area contributed by atoms with E-state index in [1.807, 2.05) is 7.05 Å². The minimum Gasteiger partial charge on any atom is -0.356 e. The monoisotopic (exact) mass is 304 g/mol. The van der Waals surface area contributed by atoms with E-state index in [1.165, 1.54) is 30.5 Å². The fraction of sp³-hybridized carbons (Fsp3) is 0.611. The largest absolute Gasteiger partial charge is 0.356 e. The second-order valence-electron chi connectivity index (χ2n) is 5.58. The van der Waals surface area contributed by atoms with Gasteiger partial charge in [0.05, 0.1) is 0 Å². The molecule has 0 fully saturated rings. The van der Waals surface area contributed by atoms with Gasteiger partial charge in [-0.05, 0) is 45.0 Å². The van der Waals surface area contributed by atoms with E-state index in [4.69, 9.17) is 0 Å². The Morgan fingerprint density at radius 1 is 1.14 bits per heavy atom. The zero-order chi connectivity index (χ0) is 16.2. The van der Waals surface area contributed by atoms with Crippen LogP contribution in [0.4, 0.5) is 0 Å². The summed E-state index contributed by atoms with van der Waals surface area (Å²) >= 11 is 0. The number of hydrogen-bond acceptors (Lipinski definition) is 2. The van der Waals surface area contributed by atoms with Crippen LogP contribution in [-0.2, 0) is 6.54 Å². The summed E-state index contributed by atoms with van der Waals surface area (Å²) in [5, 5.41) is 6.75. The Balaban J connectivity index is 2.20. The van der Waals surface area contributed by atoms with Crippen LogP contribution in [0.1, 0.15) is 37.8 Å². The van der Waals surface area contributed by atoms with Crippen molar-refractivity contribution >= 4 is 5.96 Å². The van der Waals surface area contributed by atoms with Crippen molar-refractivity contribution in [1.82, 2.24) is 15.5 Å². The van der Waals surface area contributed by atoms with Gasteiger partial charge in [0, 0.05) is 20.1 Å². The van der Waals surface area contributed by atoms with E-state index < -0.39 is 0 Å². The number of hydrogen-bond donors (Lipinski definition) is 2. The third kappa shape index (κ3) is 7.46. The van der Waals surface area contributed by atoms with E-state index in [9.17, 15) is 0 Å². The Kier molecular flexibility index (Phi) is 9.31. The van der Waals surface area contributed by atoms with E-state index in [0.717, 1.165) is 32.1 Å². The molecular weight excluding hydrogens is 272 g/mol. The topological polar surface area (TPSA) is 39.7 Å². The third-order valence-corrected chi connectivity index (χ3v) is 3.85. The first-order valence-corrected chi connectivity index (χ1v) is 8.42. The molecule has 0 unspecified atom stereocenters. The van der Waals surface area contributed by atoms with Gasteiger partial charge in [0.25, 0.3) is 0 Å². The number of aliphatic imine (C=N–C) groups is 1. The molecular formula is C18H32N4.